The number of anilines is 1. The van der Waals surface area contributed by atoms with Gasteiger partial charge in [0.1, 0.15) is 18.3 Å². The Morgan fingerprint density at radius 3 is 2.40 bits per heavy atom. The Hall–Kier alpha value is -2.20. The van der Waals surface area contributed by atoms with Crippen molar-refractivity contribution in [3.63, 3.8) is 0 Å². The number of quaternary nitrogens is 1. The van der Waals surface area contributed by atoms with Gasteiger partial charge in [0, 0.05) is 23.8 Å². The molecule has 4 rings (SSSR count). The highest BCUT2D eigenvalue weighted by atomic mass is 32.1. The Kier molecular flexibility index (Phi) is 6.66. The third-order valence-corrected chi connectivity index (χ3v) is 6.72. The zero-order valence-corrected chi connectivity index (χ0v) is 19.4. The number of hydrogen-bond acceptors (Lipinski definition) is 3. The molecule has 0 unspecified atom stereocenters. The lowest BCUT2D eigenvalue weighted by Gasteiger charge is -2.33. The minimum absolute atomic E-state index is 0.0299. The lowest BCUT2D eigenvalue weighted by Crippen LogP contribution is -2.36. The van der Waals surface area contributed by atoms with Crippen LogP contribution in [0.5, 0.6) is 0 Å². The van der Waals surface area contributed by atoms with Gasteiger partial charge in [-0.2, -0.15) is 5.26 Å². The second-order valence-corrected chi connectivity index (χ2v) is 9.78. The Morgan fingerprint density at radius 2 is 1.87 bits per heavy atom. The molecule has 1 aliphatic heterocycles. The molecule has 2 N–H and O–H groups in total. The second-order valence-electron chi connectivity index (χ2n) is 9.37. The summed E-state index contributed by atoms with van der Waals surface area (Å²) < 4.78 is 2.80. The van der Waals surface area contributed by atoms with Gasteiger partial charge in [0.2, 0.25) is 0 Å². The predicted octanol–water partition coefficient (Wildman–Crippen LogP) is 4.20. The fraction of sp³-hybridized carbons (Fsp3) is 0.500. The van der Waals surface area contributed by atoms with Crippen LogP contribution in [0, 0.1) is 11.3 Å². The Balaban J connectivity index is 0.000000318. The number of aromatic nitrogens is 1. The van der Waals surface area contributed by atoms with Crippen LogP contribution in [-0.2, 0) is 12.5 Å². The molecule has 1 spiro atoms. The van der Waals surface area contributed by atoms with Crippen molar-refractivity contribution in [2.45, 2.75) is 37.5 Å². The third kappa shape index (κ3) is 4.44. The third-order valence-electron chi connectivity index (χ3n) is 6.23. The summed E-state index contributed by atoms with van der Waals surface area (Å²) in [6.45, 7) is 1.11. The van der Waals surface area contributed by atoms with E-state index < -0.39 is 0 Å². The average molecular weight is 426 g/mol. The van der Waals surface area contributed by atoms with Crippen LogP contribution >= 0.6 is 12.2 Å². The van der Waals surface area contributed by atoms with E-state index in [9.17, 15) is 0 Å². The second kappa shape index (κ2) is 8.89. The Bertz CT molecular complexity index is 959. The molecule has 6 heteroatoms. The van der Waals surface area contributed by atoms with Gasteiger partial charge in [0.05, 0.1) is 32.7 Å². The van der Waals surface area contributed by atoms with Crippen molar-refractivity contribution >= 4 is 22.9 Å². The molecule has 2 heterocycles. The van der Waals surface area contributed by atoms with Crippen LogP contribution in [0.25, 0.3) is 11.3 Å². The van der Waals surface area contributed by atoms with Gasteiger partial charge >= 0.3 is 0 Å². The van der Waals surface area contributed by atoms with Crippen molar-refractivity contribution in [1.82, 2.24) is 4.57 Å². The standard InChI is InChI=1S/C19H19N3S.C5H14NO/c1-22-14(12-20)6-8-17(22)13-5-7-16-15(11-13)19(18(23)21-16)9-3-2-4-10-19;1-6(2,3)4-5-7/h5-8,11H,2-4,9-10H2,1H3,(H,21,23);7H,4-5H2,1-3H3/q;+1. The maximum Gasteiger partial charge on any atom is 0.120 e. The largest absolute Gasteiger partial charge is 0.391 e. The van der Waals surface area contributed by atoms with E-state index in [1.54, 1.807) is 0 Å². The quantitative estimate of drug-likeness (QED) is 0.571. The number of hydrogen-bond donors (Lipinski definition) is 2. The summed E-state index contributed by atoms with van der Waals surface area (Å²) in [7, 11) is 8.10. The number of rotatable bonds is 3. The van der Waals surface area contributed by atoms with E-state index in [-0.39, 0.29) is 12.0 Å². The van der Waals surface area contributed by atoms with E-state index in [1.807, 2.05) is 23.7 Å². The van der Waals surface area contributed by atoms with Gasteiger partial charge < -0.3 is 19.5 Å². The minimum atomic E-state index is 0.0299. The van der Waals surface area contributed by atoms with Crippen LogP contribution < -0.4 is 5.32 Å². The predicted molar refractivity (Wildman–Crippen MR) is 127 cm³/mol. The smallest absolute Gasteiger partial charge is 0.120 e. The van der Waals surface area contributed by atoms with Crippen molar-refractivity contribution in [2.24, 2.45) is 7.05 Å². The number of fused-ring (bicyclic) bond motifs is 2. The SMILES string of the molecule is C[N+](C)(C)CCO.Cn1c(C#N)ccc1-c1ccc2c(c1)C1(CCCCC1)C(=S)N2. The molecule has 0 amide bonds. The molecule has 2 aromatic rings. The lowest BCUT2D eigenvalue weighted by atomic mass is 9.70. The zero-order valence-electron chi connectivity index (χ0n) is 18.5. The Labute approximate surface area is 185 Å². The van der Waals surface area contributed by atoms with Gasteiger partial charge in [-0.25, -0.2) is 0 Å². The molecule has 5 nitrogen and oxygen atoms in total. The van der Waals surface area contributed by atoms with Crippen molar-refractivity contribution in [3.8, 4) is 17.3 Å². The highest BCUT2D eigenvalue weighted by molar-refractivity contribution is 7.80. The van der Waals surface area contributed by atoms with Crippen molar-refractivity contribution in [2.75, 3.05) is 39.6 Å². The highest BCUT2D eigenvalue weighted by Gasteiger charge is 2.44. The molecule has 0 atom stereocenters. The fourth-order valence-corrected chi connectivity index (χ4v) is 4.86. The number of likely N-dealkylation sites (N-methyl/N-ethyl adjacent to an activating group) is 1. The first kappa shape index (κ1) is 22.5. The molecule has 2 aliphatic rings. The van der Waals surface area contributed by atoms with Gasteiger partial charge in [-0.3, -0.25) is 0 Å². The average Bonchev–Trinajstić information content (AvgIpc) is 3.20. The van der Waals surface area contributed by atoms with Gasteiger partial charge in [-0.1, -0.05) is 37.5 Å². The molecule has 1 aromatic heterocycles. The van der Waals surface area contributed by atoms with Crippen LogP contribution in [0.15, 0.2) is 30.3 Å². The summed E-state index contributed by atoms with van der Waals surface area (Å²) in [5.41, 5.74) is 5.45. The maximum absolute atomic E-state index is 9.17. The molecule has 1 fully saturated rings. The van der Waals surface area contributed by atoms with Crippen LogP contribution in [-0.4, -0.2) is 53.4 Å². The van der Waals surface area contributed by atoms with E-state index in [0.717, 1.165) is 45.8 Å². The molecule has 0 saturated heterocycles. The van der Waals surface area contributed by atoms with Gasteiger partial charge in [-0.05, 0) is 48.2 Å². The first-order valence-corrected chi connectivity index (χ1v) is 11.1. The minimum Gasteiger partial charge on any atom is -0.391 e. The van der Waals surface area contributed by atoms with Crippen molar-refractivity contribution < 1.29 is 9.59 Å². The van der Waals surface area contributed by atoms with Gasteiger partial charge in [-0.15, -0.1) is 0 Å². The lowest BCUT2D eigenvalue weighted by molar-refractivity contribution is -0.870. The monoisotopic (exact) mass is 425 g/mol. The van der Waals surface area contributed by atoms with E-state index in [0.29, 0.717) is 5.69 Å². The number of nitriles is 1. The van der Waals surface area contributed by atoms with Crippen LogP contribution in [0.3, 0.4) is 0 Å². The molecule has 0 bridgehead atoms. The number of nitrogens with zero attached hydrogens (tertiary/aromatic N) is 3. The van der Waals surface area contributed by atoms with E-state index in [1.165, 1.54) is 24.8 Å². The first-order valence-electron chi connectivity index (χ1n) is 10.7. The molecule has 1 aliphatic carbocycles. The van der Waals surface area contributed by atoms with Crippen LogP contribution in [0.1, 0.15) is 43.4 Å². The number of nitrogens with one attached hydrogen (secondary N) is 1. The summed E-state index contributed by atoms with van der Waals surface area (Å²) in [6, 6.07) is 12.7. The highest BCUT2D eigenvalue weighted by Crippen LogP contribution is 2.49. The molecule has 1 saturated carbocycles. The summed E-state index contributed by atoms with van der Waals surface area (Å²) in [5, 5.41) is 21.0. The number of aliphatic hydroxyl groups excluding tert-OH is 1. The summed E-state index contributed by atoms with van der Waals surface area (Å²) in [4.78, 5) is 0.994. The molecule has 30 heavy (non-hydrogen) atoms. The zero-order chi connectivity index (χ0) is 21.9. The topological polar surface area (TPSA) is 61.0 Å². The number of aliphatic hydroxyl groups is 1. The van der Waals surface area contributed by atoms with Gasteiger partial charge in [0.15, 0.2) is 0 Å². The van der Waals surface area contributed by atoms with Gasteiger partial charge in [0.25, 0.3) is 0 Å². The molecule has 160 valence electrons. The first-order chi connectivity index (χ1) is 14.2. The van der Waals surface area contributed by atoms with Crippen molar-refractivity contribution in [3.05, 3.63) is 41.6 Å². The number of benzene rings is 1. The Morgan fingerprint density at radius 1 is 1.17 bits per heavy atom. The number of thiocarbonyl (C=S) groups is 1. The summed E-state index contributed by atoms with van der Waals surface area (Å²) >= 11 is 5.71. The molecule has 0 radical (unpaired) electrons. The normalized spacial score (nSPS) is 17.0. The molecular weight excluding hydrogens is 392 g/mol. The van der Waals surface area contributed by atoms with Crippen LogP contribution in [0.2, 0.25) is 0 Å². The summed E-state index contributed by atoms with van der Waals surface area (Å²) in [5.74, 6) is 0. The molecule has 1 aromatic carbocycles. The van der Waals surface area contributed by atoms with E-state index >= 15 is 0 Å². The van der Waals surface area contributed by atoms with E-state index in [4.69, 9.17) is 22.6 Å². The van der Waals surface area contributed by atoms with Crippen molar-refractivity contribution in [1.29, 1.82) is 5.26 Å². The molecular formula is C24H33N4OS+. The van der Waals surface area contributed by atoms with Crippen LogP contribution in [0.4, 0.5) is 5.69 Å². The van der Waals surface area contributed by atoms with E-state index in [2.05, 4.69) is 50.7 Å². The summed E-state index contributed by atoms with van der Waals surface area (Å²) in [6.07, 6.45) is 6.09. The fourth-order valence-electron chi connectivity index (χ4n) is 4.44. The maximum atomic E-state index is 9.17.